The molecular formula is C15H18N4O. The number of carbonyl (C=O) groups excluding carboxylic acids is 1. The lowest BCUT2D eigenvalue weighted by Crippen LogP contribution is -2.24. The summed E-state index contributed by atoms with van der Waals surface area (Å²) in [6.07, 6.45) is 1.63. The van der Waals surface area contributed by atoms with Gasteiger partial charge in [0.2, 0.25) is 0 Å². The van der Waals surface area contributed by atoms with Crippen molar-refractivity contribution in [3.8, 4) is 5.69 Å². The van der Waals surface area contributed by atoms with Gasteiger partial charge < -0.3 is 5.32 Å². The number of hydrogen-bond donors (Lipinski definition) is 1. The number of aromatic nitrogens is 3. The molecule has 1 amide bonds. The van der Waals surface area contributed by atoms with E-state index in [2.05, 4.69) is 29.1 Å². The van der Waals surface area contributed by atoms with Crippen molar-refractivity contribution < 1.29 is 4.79 Å². The van der Waals surface area contributed by atoms with E-state index >= 15 is 0 Å². The van der Waals surface area contributed by atoms with E-state index in [1.54, 1.807) is 10.8 Å². The van der Waals surface area contributed by atoms with Gasteiger partial charge in [0.1, 0.15) is 0 Å². The average molecular weight is 270 g/mol. The number of rotatable bonds is 4. The highest BCUT2D eigenvalue weighted by Gasteiger charge is 2.16. The van der Waals surface area contributed by atoms with Crippen molar-refractivity contribution in [1.82, 2.24) is 20.3 Å². The summed E-state index contributed by atoms with van der Waals surface area (Å²) in [6.45, 7) is 9.91. The van der Waals surface area contributed by atoms with E-state index in [1.165, 1.54) is 11.1 Å². The highest BCUT2D eigenvalue weighted by molar-refractivity contribution is 5.93. The van der Waals surface area contributed by atoms with Crippen molar-refractivity contribution in [3.05, 3.63) is 53.4 Å². The molecule has 1 N–H and O–H groups in total. The SMILES string of the molecule is C=CCNC(=O)c1nnn(-c2ccc(C)c(C)c2)c1C. The first-order chi connectivity index (χ1) is 9.54. The van der Waals surface area contributed by atoms with E-state index in [0.717, 1.165) is 11.4 Å². The molecule has 0 bridgehead atoms. The van der Waals surface area contributed by atoms with Gasteiger partial charge in [0.05, 0.1) is 11.4 Å². The van der Waals surface area contributed by atoms with Crippen LogP contribution in [0.5, 0.6) is 0 Å². The summed E-state index contributed by atoms with van der Waals surface area (Å²) in [5.74, 6) is -0.238. The molecule has 0 radical (unpaired) electrons. The van der Waals surface area contributed by atoms with Gasteiger partial charge in [0.25, 0.3) is 5.91 Å². The zero-order valence-electron chi connectivity index (χ0n) is 12.0. The van der Waals surface area contributed by atoms with Gasteiger partial charge in [-0.15, -0.1) is 11.7 Å². The quantitative estimate of drug-likeness (QED) is 0.866. The van der Waals surface area contributed by atoms with Gasteiger partial charge >= 0.3 is 0 Å². The van der Waals surface area contributed by atoms with Crippen LogP contribution in [0.15, 0.2) is 30.9 Å². The Morgan fingerprint density at radius 1 is 1.35 bits per heavy atom. The molecule has 5 nitrogen and oxygen atoms in total. The molecule has 5 heteroatoms. The van der Waals surface area contributed by atoms with Crippen LogP contribution < -0.4 is 5.32 Å². The maximum absolute atomic E-state index is 11.9. The normalized spacial score (nSPS) is 10.3. The molecule has 1 aromatic carbocycles. The van der Waals surface area contributed by atoms with Gasteiger partial charge in [-0.05, 0) is 44.0 Å². The third-order valence-corrected chi connectivity index (χ3v) is 3.25. The fraction of sp³-hybridized carbons (Fsp3) is 0.267. The van der Waals surface area contributed by atoms with E-state index in [4.69, 9.17) is 0 Å². The summed E-state index contributed by atoms with van der Waals surface area (Å²) in [5, 5.41) is 10.7. The van der Waals surface area contributed by atoms with Crippen molar-refractivity contribution in [2.45, 2.75) is 20.8 Å². The molecule has 0 unspecified atom stereocenters. The van der Waals surface area contributed by atoms with E-state index < -0.39 is 0 Å². The average Bonchev–Trinajstić information content (AvgIpc) is 2.81. The lowest BCUT2D eigenvalue weighted by molar-refractivity contribution is 0.0952. The largest absolute Gasteiger partial charge is 0.347 e. The van der Waals surface area contributed by atoms with Crippen LogP contribution in [0.1, 0.15) is 27.3 Å². The first-order valence-corrected chi connectivity index (χ1v) is 6.43. The molecule has 0 saturated carbocycles. The fourth-order valence-corrected chi connectivity index (χ4v) is 1.89. The van der Waals surface area contributed by atoms with Crippen molar-refractivity contribution in [1.29, 1.82) is 0 Å². The lowest BCUT2D eigenvalue weighted by Gasteiger charge is -2.06. The summed E-state index contributed by atoms with van der Waals surface area (Å²) in [4.78, 5) is 11.9. The second-order valence-electron chi connectivity index (χ2n) is 4.70. The molecule has 0 saturated heterocycles. The second kappa shape index (κ2) is 5.69. The van der Waals surface area contributed by atoms with Crippen LogP contribution in [0.4, 0.5) is 0 Å². The second-order valence-corrected chi connectivity index (χ2v) is 4.70. The Kier molecular flexibility index (Phi) is 3.98. The van der Waals surface area contributed by atoms with Crippen LogP contribution in [0, 0.1) is 20.8 Å². The monoisotopic (exact) mass is 270 g/mol. The van der Waals surface area contributed by atoms with Gasteiger partial charge in [-0.3, -0.25) is 4.79 Å². The molecule has 1 heterocycles. The Labute approximate surface area is 118 Å². The first kappa shape index (κ1) is 14.0. The summed E-state index contributed by atoms with van der Waals surface area (Å²) >= 11 is 0. The number of nitrogens with one attached hydrogen (secondary N) is 1. The van der Waals surface area contributed by atoms with Crippen LogP contribution in [0.2, 0.25) is 0 Å². The minimum absolute atomic E-state index is 0.238. The Morgan fingerprint density at radius 2 is 2.10 bits per heavy atom. The number of benzene rings is 1. The highest BCUT2D eigenvalue weighted by atomic mass is 16.2. The van der Waals surface area contributed by atoms with Gasteiger partial charge in [-0.2, -0.15) is 0 Å². The molecule has 0 atom stereocenters. The predicted molar refractivity (Wildman–Crippen MR) is 78.1 cm³/mol. The molecule has 2 rings (SSSR count). The molecule has 0 spiro atoms. The zero-order chi connectivity index (χ0) is 14.7. The Morgan fingerprint density at radius 3 is 2.75 bits per heavy atom. The Bertz CT molecular complexity index is 658. The van der Waals surface area contributed by atoms with Gasteiger partial charge in [0, 0.05) is 6.54 Å². The maximum atomic E-state index is 11.9. The van der Waals surface area contributed by atoms with Crippen molar-refractivity contribution >= 4 is 5.91 Å². The zero-order valence-corrected chi connectivity index (χ0v) is 12.0. The number of carbonyl (C=O) groups is 1. The predicted octanol–water partition coefficient (Wildman–Crippen LogP) is 2.11. The third kappa shape index (κ3) is 2.61. The summed E-state index contributed by atoms with van der Waals surface area (Å²) < 4.78 is 1.68. The Hall–Kier alpha value is -2.43. The summed E-state index contributed by atoms with van der Waals surface area (Å²) in [7, 11) is 0. The molecule has 20 heavy (non-hydrogen) atoms. The molecule has 0 fully saturated rings. The smallest absolute Gasteiger partial charge is 0.274 e. The number of aryl methyl sites for hydroxylation is 2. The number of nitrogens with zero attached hydrogens (tertiary/aromatic N) is 3. The first-order valence-electron chi connectivity index (χ1n) is 6.43. The van der Waals surface area contributed by atoms with Gasteiger partial charge in [-0.25, -0.2) is 4.68 Å². The van der Waals surface area contributed by atoms with Crippen LogP contribution >= 0.6 is 0 Å². The summed E-state index contributed by atoms with van der Waals surface area (Å²) in [6, 6.07) is 6.03. The third-order valence-electron chi connectivity index (χ3n) is 3.25. The van der Waals surface area contributed by atoms with E-state index in [9.17, 15) is 4.79 Å². The molecule has 104 valence electrons. The minimum atomic E-state index is -0.238. The molecule has 0 aliphatic rings. The Balaban J connectivity index is 2.35. The lowest BCUT2D eigenvalue weighted by atomic mass is 10.1. The highest BCUT2D eigenvalue weighted by Crippen LogP contribution is 2.16. The van der Waals surface area contributed by atoms with Gasteiger partial charge in [0.15, 0.2) is 5.69 Å². The molecule has 0 aliphatic carbocycles. The number of amides is 1. The molecular weight excluding hydrogens is 252 g/mol. The van der Waals surface area contributed by atoms with E-state index in [0.29, 0.717) is 12.2 Å². The van der Waals surface area contributed by atoms with Crippen LogP contribution in [0.3, 0.4) is 0 Å². The number of hydrogen-bond acceptors (Lipinski definition) is 3. The van der Waals surface area contributed by atoms with Crippen molar-refractivity contribution in [2.75, 3.05) is 6.54 Å². The topological polar surface area (TPSA) is 59.8 Å². The fourth-order valence-electron chi connectivity index (χ4n) is 1.89. The molecule has 2 aromatic rings. The van der Waals surface area contributed by atoms with Gasteiger partial charge in [-0.1, -0.05) is 17.4 Å². The standard InChI is InChI=1S/C15H18N4O/c1-5-8-16-15(20)14-12(4)19(18-17-14)13-7-6-10(2)11(3)9-13/h5-7,9H,1,8H2,2-4H3,(H,16,20). The van der Waals surface area contributed by atoms with Crippen LogP contribution in [-0.4, -0.2) is 27.4 Å². The van der Waals surface area contributed by atoms with Crippen LogP contribution in [-0.2, 0) is 0 Å². The maximum Gasteiger partial charge on any atom is 0.274 e. The minimum Gasteiger partial charge on any atom is -0.347 e. The van der Waals surface area contributed by atoms with Crippen molar-refractivity contribution in [3.63, 3.8) is 0 Å². The van der Waals surface area contributed by atoms with E-state index in [1.807, 2.05) is 32.0 Å². The van der Waals surface area contributed by atoms with E-state index in [-0.39, 0.29) is 5.91 Å². The van der Waals surface area contributed by atoms with Crippen LogP contribution in [0.25, 0.3) is 5.69 Å². The summed E-state index contributed by atoms with van der Waals surface area (Å²) in [5.41, 5.74) is 4.35. The van der Waals surface area contributed by atoms with Crippen molar-refractivity contribution in [2.24, 2.45) is 0 Å². The molecule has 0 aliphatic heterocycles. The molecule has 1 aromatic heterocycles.